The lowest BCUT2D eigenvalue weighted by Gasteiger charge is -2.32. The van der Waals surface area contributed by atoms with E-state index in [-0.39, 0.29) is 23.7 Å². The molecule has 1 N–H and O–H groups in total. The molecule has 1 saturated heterocycles. The normalized spacial score (nSPS) is 21.5. The molecule has 0 unspecified atom stereocenters. The number of hydrogen-bond donors (Lipinski definition) is 1. The first kappa shape index (κ1) is 15.6. The molecule has 7 heteroatoms. The van der Waals surface area contributed by atoms with Crippen LogP contribution in [-0.4, -0.2) is 46.3 Å². The molecular formula is C17H24N4O3. The van der Waals surface area contributed by atoms with Gasteiger partial charge in [-0.25, -0.2) is 0 Å². The molecule has 7 nitrogen and oxygen atoms in total. The first-order chi connectivity index (χ1) is 11.6. The molecule has 2 fully saturated rings. The van der Waals surface area contributed by atoms with Crippen LogP contribution >= 0.6 is 0 Å². The molecule has 1 saturated carbocycles. The smallest absolute Gasteiger partial charge is 0.228 e. The Hall–Kier alpha value is -1.89. The molecule has 130 valence electrons. The third-order valence-corrected chi connectivity index (χ3v) is 5.31. The zero-order chi connectivity index (χ0) is 16.7. The van der Waals surface area contributed by atoms with Crippen LogP contribution in [0.5, 0.6) is 0 Å². The topological polar surface area (TPSA) is 76.5 Å². The van der Waals surface area contributed by atoms with Crippen molar-refractivity contribution in [3.8, 4) is 0 Å². The maximum atomic E-state index is 12.8. The van der Waals surface area contributed by atoms with Crippen LogP contribution in [0.3, 0.4) is 0 Å². The number of fused-ring (bicyclic) bond motifs is 1. The van der Waals surface area contributed by atoms with E-state index in [1.165, 1.54) is 0 Å². The molecular weight excluding hydrogens is 308 g/mol. The number of aryl methyl sites for hydroxylation is 1. The zero-order valence-corrected chi connectivity index (χ0v) is 14.1. The Labute approximate surface area is 141 Å². The molecule has 1 aromatic rings. The van der Waals surface area contributed by atoms with Gasteiger partial charge in [0.1, 0.15) is 0 Å². The van der Waals surface area contributed by atoms with E-state index in [9.17, 15) is 9.59 Å². The van der Waals surface area contributed by atoms with E-state index in [1.54, 1.807) is 0 Å². The van der Waals surface area contributed by atoms with Crippen molar-refractivity contribution in [2.45, 2.75) is 38.6 Å². The summed E-state index contributed by atoms with van der Waals surface area (Å²) in [7, 11) is 1.90. The van der Waals surface area contributed by atoms with Crippen LogP contribution in [0.15, 0.2) is 0 Å². The maximum absolute atomic E-state index is 12.8. The number of carbonyl (C=O) groups excluding carboxylic acids is 2. The number of aromatic nitrogens is 2. The Bertz CT molecular complexity index is 659. The van der Waals surface area contributed by atoms with Crippen LogP contribution < -0.4 is 5.32 Å². The monoisotopic (exact) mass is 332 g/mol. The van der Waals surface area contributed by atoms with Crippen molar-refractivity contribution in [1.29, 1.82) is 0 Å². The highest BCUT2D eigenvalue weighted by atomic mass is 16.5. The van der Waals surface area contributed by atoms with Crippen molar-refractivity contribution in [3.05, 3.63) is 11.3 Å². The molecule has 3 aliphatic rings. The van der Waals surface area contributed by atoms with Crippen molar-refractivity contribution < 1.29 is 14.3 Å². The lowest BCUT2D eigenvalue weighted by atomic mass is 9.97. The van der Waals surface area contributed by atoms with Crippen molar-refractivity contribution in [3.63, 3.8) is 0 Å². The van der Waals surface area contributed by atoms with Gasteiger partial charge in [0, 0.05) is 56.3 Å². The highest BCUT2D eigenvalue weighted by Crippen LogP contribution is 2.32. The summed E-state index contributed by atoms with van der Waals surface area (Å²) in [6, 6.07) is 0. The number of rotatable bonds is 3. The van der Waals surface area contributed by atoms with Crippen LogP contribution in [0, 0.1) is 11.8 Å². The molecule has 1 aliphatic carbocycles. The molecule has 3 heterocycles. The SMILES string of the molecule is Cn1nc(NC(=O)C2CC2)c2c1CCN(C(=O)C1CCOCC1)C2. The number of carbonyl (C=O) groups is 2. The lowest BCUT2D eigenvalue weighted by Crippen LogP contribution is -2.41. The highest BCUT2D eigenvalue weighted by Gasteiger charge is 2.34. The van der Waals surface area contributed by atoms with E-state index in [4.69, 9.17) is 4.74 Å². The number of nitrogens with one attached hydrogen (secondary N) is 1. The van der Waals surface area contributed by atoms with E-state index in [0.717, 1.165) is 49.9 Å². The fourth-order valence-electron chi connectivity index (χ4n) is 3.65. The minimum Gasteiger partial charge on any atom is -0.381 e. The third kappa shape index (κ3) is 2.92. The summed E-state index contributed by atoms with van der Waals surface area (Å²) < 4.78 is 7.20. The second-order valence-electron chi connectivity index (χ2n) is 7.06. The summed E-state index contributed by atoms with van der Waals surface area (Å²) in [4.78, 5) is 26.8. The van der Waals surface area contributed by atoms with E-state index in [0.29, 0.717) is 25.6 Å². The fourth-order valence-corrected chi connectivity index (χ4v) is 3.65. The van der Waals surface area contributed by atoms with Crippen molar-refractivity contribution in [2.24, 2.45) is 18.9 Å². The summed E-state index contributed by atoms with van der Waals surface area (Å²) in [6.45, 7) is 2.61. The average molecular weight is 332 g/mol. The summed E-state index contributed by atoms with van der Waals surface area (Å²) in [6.07, 6.45) is 4.33. The molecule has 2 amide bonds. The molecule has 0 atom stereocenters. The summed E-state index contributed by atoms with van der Waals surface area (Å²) >= 11 is 0. The van der Waals surface area contributed by atoms with E-state index >= 15 is 0 Å². The Kier molecular flexibility index (Phi) is 4.04. The van der Waals surface area contributed by atoms with Gasteiger partial charge < -0.3 is 15.0 Å². The van der Waals surface area contributed by atoms with Crippen molar-refractivity contribution in [2.75, 3.05) is 25.1 Å². The van der Waals surface area contributed by atoms with E-state index in [1.807, 2.05) is 16.6 Å². The molecule has 0 spiro atoms. The molecule has 1 aromatic heterocycles. The fraction of sp³-hybridized carbons (Fsp3) is 0.706. The second kappa shape index (κ2) is 6.20. The van der Waals surface area contributed by atoms with Gasteiger partial charge in [-0.1, -0.05) is 0 Å². The van der Waals surface area contributed by atoms with Gasteiger partial charge in [0.25, 0.3) is 0 Å². The van der Waals surface area contributed by atoms with Gasteiger partial charge in [-0.15, -0.1) is 0 Å². The summed E-state index contributed by atoms with van der Waals surface area (Å²) in [5.41, 5.74) is 2.12. The second-order valence-corrected chi connectivity index (χ2v) is 7.06. The van der Waals surface area contributed by atoms with E-state index < -0.39 is 0 Å². The van der Waals surface area contributed by atoms with Gasteiger partial charge in [0.05, 0.1) is 6.54 Å². The number of ether oxygens (including phenoxy) is 1. The number of anilines is 1. The van der Waals surface area contributed by atoms with E-state index in [2.05, 4.69) is 10.4 Å². The number of nitrogens with zero attached hydrogens (tertiary/aromatic N) is 3. The van der Waals surface area contributed by atoms with Gasteiger partial charge in [-0.3, -0.25) is 14.3 Å². The largest absolute Gasteiger partial charge is 0.381 e. The molecule has 0 bridgehead atoms. The van der Waals surface area contributed by atoms with Gasteiger partial charge in [0.15, 0.2) is 5.82 Å². The lowest BCUT2D eigenvalue weighted by molar-refractivity contribution is -0.139. The molecule has 0 radical (unpaired) electrons. The highest BCUT2D eigenvalue weighted by molar-refractivity contribution is 5.94. The average Bonchev–Trinajstić information content (AvgIpc) is 3.41. The van der Waals surface area contributed by atoms with Crippen LogP contribution in [-0.2, 0) is 34.3 Å². The van der Waals surface area contributed by atoms with Gasteiger partial charge >= 0.3 is 0 Å². The van der Waals surface area contributed by atoms with Gasteiger partial charge in [-0.2, -0.15) is 5.10 Å². The molecule has 0 aromatic carbocycles. The number of hydrogen-bond acceptors (Lipinski definition) is 4. The van der Waals surface area contributed by atoms with Crippen LogP contribution in [0.25, 0.3) is 0 Å². The zero-order valence-electron chi connectivity index (χ0n) is 14.1. The third-order valence-electron chi connectivity index (χ3n) is 5.31. The Balaban J connectivity index is 1.50. The first-order valence-electron chi connectivity index (χ1n) is 8.85. The van der Waals surface area contributed by atoms with Crippen LogP contribution in [0.4, 0.5) is 5.82 Å². The summed E-state index contributed by atoms with van der Waals surface area (Å²) in [5.74, 6) is 1.12. The minimum absolute atomic E-state index is 0.0591. The van der Waals surface area contributed by atoms with Crippen LogP contribution in [0.2, 0.25) is 0 Å². The Morgan fingerprint density at radius 3 is 2.62 bits per heavy atom. The quantitative estimate of drug-likeness (QED) is 0.899. The van der Waals surface area contributed by atoms with Crippen molar-refractivity contribution >= 4 is 17.6 Å². The van der Waals surface area contributed by atoms with Gasteiger partial charge in [-0.05, 0) is 25.7 Å². The maximum Gasteiger partial charge on any atom is 0.228 e. The van der Waals surface area contributed by atoms with Gasteiger partial charge in [0.2, 0.25) is 11.8 Å². The summed E-state index contributed by atoms with van der Waals surface area (Å²) in [5, 5.41) is 7.44. The standard InChI is InChI=1S/C17H24N4O3/c1-20-14-4-7-21(17(23)12-5-8-24-9-6-12)10-13(14)15(19-20)18-16(22)11-2-3-11/h11-12H,2-10H2,1H3,(H,18,19,22). The minimum atomic E-state index is 0.0591. The number of amides is 2. The molecule has 4 rings (SSSR count). The first-order valence-corrected chi connectivity index (χ1v) is 8.85. The van der Waals surface area contributed by atoms with Crippen molar-refractivity contribution in [1.82, 2.24) is 14.7 Å². The predicted molar refractivity (Wildman–Crippen MR) is 87.2 cm³/mol. The van der Waals surface area contributed by atoms with Crippen LogP contribution in [0.1, 0.15) is 36.9 Å². The predicted octanol–water partition coefficient (Wildman–Crippen LogP) is 1.08. The molecule has 24 heavy (non-hydrogen) atoms. The Morgan fingerprint density at radius 1 is 1.17 bits per heavy atom. The molecule has 2 aliphatic heterocycles. The Morgan fingerprint density at radius 2 is 1.92 bits per heavy atom.